The van der Waals surface area contributed by atoms with Crippen molar-refractivity contribution in [3.05, 3.63) is 72.6 Å². The Morgan fingerprint density at radius 1 is 1.06 bits per heavy atom. The molecule has 5 aromatic heterocycles. The van der Waals surface area contributed by atoms with E-state index in [1.54, 1.807) is 16.9 Å². The third-order valence-electron chi connectivity index (χ3n) is 6.21. The van der Waals surface area contributed by atoms with Crippen LogP contribution in [0.2, 0.25) is 0 Å². The number of hydrogen-bond acceptors (Lipinski definition) is 5. The van der Waals surface area contributed by atoms with Gasteiger partial charge in [0.15, 0.2) is 0 Å². The maximum Gasteiger partial charge on any atom is 0.257 e. The fraction of sp³-hybridized carbons (Fsp3) is 0.200. The van der Waals surface area contributed by atoms with E-state index in [0.717, 1.165) is 44.5 Å². The number of amides is 1. The summed E-state index contributed by atoms with van der Waals surface area (Å²) in [4.78, 5) is 27.2. The molecule has 1 N–H and O–H groups in total. The fourth-order valence-corrected chi connectivity index (χ4v) is 4.43. The van der Waals surface area contributed by atoms with E-state index in [0.29, 0.717) is 31.9 Å². The van der Waals surface area contributed by atoms with Crippen LogP contribution in [-0.2, 0) is 4.74 Å². The van der Waals surface area contributed by atoms with Crippen LogP contribution in [0.5, 0.6) is 0 Å². The fourth-order valence-electron chi connectivity index (χ4n) is 4.43. The maximum atomic E-state index is 13.1. The van der Waals surface area contributed by atoms with Gasteiger partial charge in [-0.15, -0.1) is 0 Å². The summed E-state index contributed by atoms with van der Waals surface area (Å²) in [5.41, 5.74) is 7.25. The molecule has 0 saturated carbocycles. The van der Waals surface area contributed by atoms with Gasteiger partial charge < -0.3 is 14.6 Å². The van der Waals surface area contributed by atoms with Gasteiger partial charge in [0.25, 0.3) is 5.91 Å². The Morgan fingerprint density at radius 3 is 2.79 bits per heavy atom. The molecule has 0 radical (unpaired) electrons. The average molecular weight is 438 g/mol. The number of aryl methyl sites for hydroxylation is 1. The zero-order valence-electron chi connectivity index (χ0n) is 18.2. The van der Waals surface area contributed by atoms with E-state index in [9.17, 15) is 4.79 Å². The third kappa shape index (κ3) is 3.35. The van der Waals surface area contributed by atoms with Crippen molar-refractivity contribution in [2.45, 2.75) is 6.92 Å². The summed E-state index contributed by atoms with van der Waals surface area (Å²) in [5.74, 6) is -0.0135. The second-order valence-corrected chi connectivity index (χ2v) is 8.17. The Hall–Kier alpha value is -4.04. The van der Waals surface area contributed by atoms with Crippen LogP contribution in [0, 0.1) is 6.92 Å². The summed E-state index contributed by atoms with van der Waals surface area (Å²) < 4.78 is 7.13. The molecule has 6 rings (SSSR count). The molecule has 1 amide bonds. The Bertz CT molecular complexity index is 1500. The molecule has 1 aliphatic heterocycles. The molecule has 1 aliphatic rings. The molecule has 0 aromatic carbocycles. The monoisotopic (exact) mass is 438 g/mol. The zero-order chi connectivity index (χ0) is 22.4. The molecule has 0 bridgehead atoms. The van der Waals surface area contributed by atoms with Crippen LogP contribution in [-0.4, -0.2) is 61.7 Å². The van der Waals surface area contributed by atoms with Crippen LogP contribution in [0.3, 0.4) is 0 Å². The topological polar surface area (TPSA) is 88.4 Å². The van der Waals surface area contributed by atoms with Crippen molar-refractivity contribution < 1.29 is 9.53 Å². The summed E-state index contributed by atoms with van der Waals surface area (Å²) in [7, 11) is 0. The molecule has 0 aliphatic carbocycles. The van der Waals surface area contributed by atoms with Crippen molar-refractivity contribution >= 4 is 22.5 Å². The van der Waals surface area contributed by atoms with Gasteiger partial charge in [-0.25, -0.2) is 9.50 Å². The van der Waals surface area contributed by atoms with E-state index >= 15 is 0 Å². The summed E-state index contributed by atoms with van der Waals surface area (Å²) >= 11 is 0. The summed E-state index contributed by atoms with van der Waals surface area (Å²) in [5, 5.41) is 5.41. The number of nitrogens with zero attached hydrogens (tertiary/aromatic N) is 5. The molecule has 33 heavy (non-hydrogen) atoms. The van der Waals surface area contributed by atoms with Crippen molar-refractivity contribution in [1.82, 2.24) is 29.5 Å². The molecule has 6 heterocycles. The number of pyridine rings is 3. The maximum absolute atomic E-state index is 13.1. The van der Waals surface area contributed by atoms with Crippen LogP contribution in [0.1, 0.15) is 16.1 Å². The van der Waals surface area contributed by atoms with Crippen LogP contribution in [0.25, 0.3) is 38.8 Å². The van der Waals surface area contributed by atoms with Crippen LogP contribution in [0.4, 0.5) is 0 Å². The van der Waals surface area contributed by atoms with Gasteiger partial charge in [-0.1, -0.05) is 6.07 Å². The third-order valence-corrected chi connectivity index (χ3v) is 6.21. The highest BCUT2D eigenvalue weighted by Crippen LogP contribution is 2.32. The molecule has 0 spiro atoms. The number of morpholine rings is 1. The Labute approximate surface area is 189 Å². The van der Waals surface area contributed by atoms with Crippen LogP contribution in [0.15, 0.2) is 61.3 Å². The summed E-state index contributed by atoms with van der Waals surface area (Å²) in [6, 6.07) is 10.2. The Morgan fingerprint density at radius 2 is 1.94 bits per heavy atom. The number of nitrogens with one attached hydrogen (secondary N) is 1. The van der Waals surface area contributed by atoms with Gasteiger partial charge >= 0.3 is 0 Å². The number of rotatable bonds is 3. The average Bonchev–Trinajstić information content (AvgIpc) is 3.48. The van der Waals surface area contributed by atoms with E-state index < -0.39 is 0 Å². The summed E-state index contributed by atoms with van der Waals surface area (Å²) in [6.45, 7) is 4.33. The van der Waals surface area contributed by atoms with Crippen molar-refractivity contribution in [1.29, 1.82) is 0 Å². The molecule has 1 fully saturated rings. The van der Waals surface area contributed by atoms with Gasteiger partial charge in [0.05, 0.1) is 30.5 Å². The first kappa shape index (κ1) is 19.6. The van der Waals surface area contributed by atoms with Gasteiger partial charge in [-0.2, -0.15) is 5.10 Å². The van der Waals surface area contributed by atoms with Gasteiger partial charge in [0.2, 0.25) is 0 Å². The standard InChI is InChI=1S/C25H22N6O2/c1-16-19(3-2-5-26-16)18-11-20-21(14-28-24(20)27-13-18)17-4-6-31-23(12-17)22(15-29-31)25(32)30-7-9-33-10-8-30/h2-6,11-15H,7-10H2,1H3,(H,27,28). The highest BCUT2D eigenvalue weighted by atomic mass is 16.5. The molecule has 0 atom stereocenters. The molecule has 0 unspecified atom stereocenters. The lowest BCUT2D eigenvalue weighted by atomic mass is 10.0. The van der Waals surface area contributed by atoms with Crippen molar-refractivity contribution in [3.8, 4) is 22.3 Å². The lowest BCUT2D eigenvalue weighted by Gasteiger charge is -2.26. The van der Waals surface area contributed by atoms with Gasteiger partial charge in [0.1, 0.15) is 5.65 Å². The minimum atomic E-state index is -0.0135. The Balaban J connectivity index is 1.44. The first-order valence-electron chi connectivity index (χ1n) is 10.9. The number of H-pyrrole nitrogens is 1. The largest absolute Gasteiger partial charge is 0.378 e. The quantitative estimate of drug-likeness (QED) is 0.464. The van der Waals surface area contributed by atoms with Gasteiger partial charge in [0, 0.05) is 65.6 Å². The second-order valence-electron chi connectivity index (χ2n) is 8.17. The second kappa shape index (κ2) is 7.83. The SMILES string of the molecule is Cc1ncccc1-c1cnc2[nH]cc(-c3ccn4ncc(C(=O)N5CCOCC5)c4c3)c2c1. The minimum absolute atomic E-state index is 0.0135. The normalized spacial score (nSPS) is 14.3. The van der Waals surface area contributed by atoms with Crippen molar-refractivity contribution in [3.63, 3.8) is 0 Å². The van der Waals surface area contributed by atoms with E-state index in [1.165, 1.54) is 0 Å². The molecule has 8 heteroatoms. The number of ether oxygens (including phenoxy) is 1. The van der Waals surface area contributed by atoms with Gasteiger partial charge in [-0.05, 0) is 36.8 Å². The predicted octanol–water partition coefficient (Wildman–Crippen LogP) is 3.72. The highest BCUT2D eigenvalue weighted by Gasteiger charge is 2.22. The first-order chi connectivity index (χ1) is 16.2. The molecule has 5 aromatic rings. The van der Waals surface area contributed by atoms with Crippen LogP contribution >= 0.6 is 0 Å². The smallest absolute Gasteiger partial charge is 0.257 e. The van der Waals surface area contributed by atoms with Crippen molar-refractivity contribution in [2.24, 2.45) is 0 Å². The lowest BCUT2D eigenvalue weighted by molar-refractivity contribution is 0.0304. The Kier molecular flexibility index (Phi) is 4.66. The van der Waals surface area contributed by atoms with E-state index in [-0.39, 0.29) is 5.91 Å². The molecule has 1 saturated heterocycles. The predicted molar refractivity (Wildman–Crippen MR) is 125 cm³/mol. The number of hydrogen-bond donors (Lipinski definition) is 1. The molecule has 164 valence electrons. The number of carbonyl (C=O) groups excluding carboxylic acids is 1. The van der Waals surface area contributed by atoms with E-state index in [2.05, 4.69) is 32.2 Å². The zero-order valence-corrected chi connectivity index (χ0v) is 18.2. The highest BCUT2D eigenvalue weighted by molar-refractivity contribution is 6.02. The molecular weight excluding hydrogens is 416 g/mol. The first-order valence-corrected chi connectivity index (χ1v) is 10.9. The summed E-state index contributed by atoms with van der Waals surface area (Å²) in [6.07, 6.45) is 9.16. The molecule has 8 nitrogen and oxygen atoms in total. The van der Waals surface area contributed by atoms with E-state index in [1.807, 2.05) is 48.6 Å². The number of aromatic nitrogens is 5. The lowest BCUT2D eigenvalue weighted by Crippen LogP contribution is -2.40. The number of aromatic amines is 1. The van der Waals surface area contributed by atoms with E-state index in [4.69, 9.17) is 4.74 Å². The minimum Gasteiger partial charge on any atom is -0.378 e. The van der Waals surface area contributed by atoms with Crippen molar-refractivity contribution in [2.75, 3.05) is 26.3 Å². The van der Waals surface area contributed by atoms with Crippen LogP contribution < -0.4 is 0 Å². The molecular formula is C25H22N6O2. The number of carbonyl (C=O) groups is 1. The number of fused-ring (bicyclic) bond motifs is 2. The van der Waals surface area contributed by atoms with Gasteiger partial charge in [-0.3, -0.25) is 9.78 Å².